The molecule has 9 heteroatoms. The fourth-order valence-electron chi connectivity index (χ4n) is 6.86. The second-order valence-electron chi connectivity index (χ2n) is 15.5. The van der Waals surface area contributed by atoms with E-state index < -0.39 is 54.0 Å². The highest BCUT2D eigenvalue weighted by Crippen LogP contribution is 2.34. The Morgan fingerprint density at radius 2 is 1.13 bits per heavy atom. The molecule has 4 aromatic rings. The number of amides is 1. The van der Waals surface area contributed by atoms with Crippen molar-refractivity contribution >= 4 is 6.09 Å². The van der Waals surface area contributed by atoms with Crippen molar-refractivity contribution in [1.82, 2.24) is 4.90 Å². The van der Waals surface area contributed by atoms with Gasteiger partial charge in [-0.2, -0.15) is 0 Å². The van der Waals surface area contributed by atoms with Gasteiger partial charge in [-0.15, -0.1) is 0 Å². The molecule has 0 N–H and O–H groups in total. The number of hydrogen-bond donors (Lipinski definition) is 0. The van der Waals surface area contributed by atoms with Gasteiger partial charge in [0.2, 0.25) is 0 Å². The molecular formula is C46H55NO8. The van der Waals surface area contributed by atoms with Gasteiger partial charge < -0.3 is 33.2 Å². The second-order valence-corrected chi connectivity index (χ2v) is 15.5. The van der Waals surface area contributed by atoms with Crippen molar-refractivity contribution in [2.24, 2.45) is 0 Å². The Morgan fingerprint density at radius 1 is 0.673 bits per heavy atom. The van der Waals surface area contributed by atoms with E-state index in [9.17, 15) is 4.79 Å². The molecule has 2 aliphatic heterocycles. The maximum absolute atomic E-state index is 13.5. The third kappa shape index (κ3) is 11.6. The zero-order chi connectivity index (χ0) is 38.7. The lowest BCUT2D eigenvalue weighted by Gasteiger charge is -2.45. The summed E-state index contributed by atoms with van der Waals surface area (Å²) in [5.74, 6) is 0. The Labute approximate surface area is 326 Å². The zero-order valence-electron chi connectivity index (χ0n) is 32.6. The molecule has 2 aliphatic rings. The van der Waals surface area contributed by atoms with Crippen LogP contribution in [-0.2, 0) is 59.6 Å². The van der Waals surface area contributed by atoms with Crippen LogP contribution in [0, 0.1) is 0 Å². The minimum atomic E-state index is -0.876. The van der Waals surface area contributed by atoms with Gasteiger partial charge in [0.05, 0.1) is 45.7 Å². The summed E-state index contributed by atoms with van der Waals surface area (Å²) in [6.45, 7) is 11.3. The molecule has 0 aromatic heterocycles. The van der Waals surface area contributed by atoms with Gasteiger partial charge >= 0.3 is 6.09 Å². The average Bonchev–Trinajstić information content (AvgIpc) is 3.49. The van der Waals surface area contributed by atoms with Crippen LogP contribution in [0.15, 0.2) is 133 Å². The van der Waals surface area contributed by atoms with Crippen LogP contribution in [0.3, 0.4) is 0 Å². The summed E-state index contributed by atoms with van der Waals surface area (Å²) in [7, 11) is 0. The van der Waals surface area contributed by atoms with Gasteiger partial charge in [-0.1, -0.05) is 133 Å². The average molecular weight is 750 g/mol. The lowest BCUT2D eigenvalue weighted by molar-refractivity contribution is -0.263. The van der Waals surface area contributed by atoms with E-state index in [1.807, 2.05) is 168 Å². The number of benzene rings is 4. The summed E-state index contributed by atoms with van der Waals surface area (Å²) in [5, 5.41) is 0. The van der Waals surface area contributed by atoms with Crippen molar-refractivity contribution in [3.8, 4) is 0 Å². The summed E-state index contributed by atoms with van der Waals surface area (Å²) in [6.07, 6.45) is 0.626. The molecule has 6 rings (SSSR count). The van der Waals surface area contributed by atoms with Crippen molar-refractivity contribution < 1.29 is 38.0 Å². The highest BCUT2D eigenvalue weighted by Gasteiger charge is 2.49. The lowest BCUT2D eigenvalue weighted by Crippen LogP contribution is -2.60. The monoisotopic (exact) mass is 749 g/mol. The Balaban J connectivity index is 1.34. The number of nitrogens with zero attached hydrogens (tertiary/aromatic N) is 1. The van der Waals surface area contributed by atoms with Gasteiger partial charge in [0.15, 0.2) is 0 Å². The van der Waals surface area contributed by atoms with Crippen LogP contribution >= 0.6 is 0 Å². The number of carbonyl (C=O) groups is 1. The Bertz CT molecular complexity index is 1760. The van der Waals surface area contributed by atoms with Gasteiger partial charge in [-0.25, -0.2) is 4.79 Å². The molecule has 9 nitrogen and oxygen atoms in total. The number of hydrogen-bond acceptors (Lipinski definition) is 8. The lowest BCUT2D eigenvalue weighted by atomic mass is 9.93. The summed E-state index contributed by atoms with van der Waals surface area (Å²) in [4.78, 5) is 15.2. The summed E-state index contributed by atoms with van der Waals surface area (Å²) in [5.41, 5.74) is 2.59. The molecule has 292 valence electrons. The molecule has 6 atom stereocenters. The molecule has 1 amide bonds. The third-order valence-corrected chi connectivity index (χ3v) is 9.55. The summed E-state index contributed by atoms with van der Waals surface area (Å²) >= 11 is 0. The number of ether oxygens (including phenoxy) is 7. The minimum absolute atomic E-state index is 0.249. The molecule has 0 saturated carbocycles. The predicted octanol–water partition coefficient (Wildman–Crippen LogP) is 8.66. The molecule has 0 bridgehead atoms. The highest BCUT2D eigenvalue weighted by atomic mass is 16.6. The Hall–Kier alpha value is -4.35. The first kappa shape index (κ1) is 40.3. The standard InChI is InChI=1S/C46H55NO8/c1-45(2,3)55-44(48)47-38(32-53-46(47,4)5)26-27-39-41(50-29-35-20-12-7-13-21-35)43(52-31-37-24-16-9-17-25-37)42(51-30-36-22-14-8-15-23-36)40(54-39)33-49-28-34-18-10-6-11-19-34/h6-27,38-43H,28-33H2,1-5H3/t38-,39-,40+,41-,42+,43+/m0/s1. The maximum atomic E-state index is 13.5. The van der Waals surface area contributed by atoms with Gasteiger partial charge in [-0.3, -0.25) is 4.90 Å². The van der Waals surface area contributed by atoms with E-state index in [0.29, 0.717) is 33.0 Å². The number of rotatable bonds is 15. The largest absolute Gasteiger partial charge is 0.444 e. The van der Waals surface area contributed by atoms with Crippen molar-refractivity contribution in [1.29, 1.82) is 0 Å². The van der Waals surface area contributed by atoms with Gasteiger partial charge in [0.1, 0.15) is 41.8 Å². The maximum Gasteiger partial charge on any atom is 0.413 e. The van der Waals surface area contributed by atoms with Crippen LogP contribution in [-0.4, -0.2) is 72.1 Å². The topological polar surface area (TPSA) is 84.9 Å². The summed E-state index contributed by atoms with van der Waals surface area (Å²) in [6, 6.07) is 39.9. The predicted molar refractivity (Wildman–Crippen MR) is 211 cm³/mol. The fourth-order valence-corrected chi connectivity index (χ4v) is 6.86. The van der Waals surface area contributed by atoms with E-state index in [4.69, 9.17) is 33.2 Å². The van der Waals surface area contributed by atoms with E-state index >= 15 is 0 Å². The van der Waals surface area contributed by atoms with Gasteiger partial charge in [0, 0.05) is 0 Å². The zero-order valence-corrected chi connectivity index (χ0v) is 32.6. The first-order valence-electron chi connectivity index (χ1n) is 19.1. The molecule has 2 fully saturated rings. The van der Waals surface area contributed by atoms with Crippen LogP contribution in [0.25, 0.3) is 0 Å². The molecule has 0 unspecified atom stereocenters. The van der Waals surface area contributed by atoms with Crippen molar-refractivity contribution in [2.75, 3.05) is 13.2 Å². The SMILES string of the molecule is CC(C)(C)OC(=O)N1[C@@H](C=C[C@@H]2O[C@H](COCc3ccccc3)[C@@H](OCc3ccccc3)[C@H](OCc3ccccc3)[C@H]2OCc2ccccc2)COC1(C)C. The highest BCUT2D eigenvalue weighted by molar-refractivity contribution is 5.70. The van der Waals surface area contributed by atoms with Crippen LogP contribution in [0.2, 0.25) is 0 Å². The van der Waals surface area contributed by atoms with Gasteiger partial charge in [0.25, 0.3) is 0 Å². The van der Waals surface area contributed by atoms with E-state index in [1.54, 1.807) is 4.90 Å². The Kier molecular flexibility index (Phi) is 13.9. The molecular weight excluding hydrogens is 695 g/mol. The van der Waals surface area contributed by atoms with Crippen LogP contribution in [0.4, 0.5) is 4.79 Å². The summed E-state index contributed by atoms with van der Waals surface area (Å²) < 4.78 is 45.8. The second kappa shape index (κ2) is 19.0. The van der Waals surface area contributed by atoms with Gasteiger partial charge in [-0.05, 0) is 56.9 Å². The van der Waals surface area contributed by atoms with Crippen molar-refractivity contribution in [2.45, 2.75) is 109 Å². The fraction of sp³-hybridized carbons (Fsp3) is 0.413. The van der Waals surface area contributed by atoms with Crippen LogP contribution < -0.4 is 0 Å². The normalized spacial score (nSPS) is 23.9. The molecule has 2 saturated heterocycles. The van der Waals surface area contributed by atoms with Crippen LogP contribution in [0.5, 0.6) is 0 Å². The van der Waals surface area contributed by atoms with E-state index in [-0.39, 0.29) is 6.61 Å². The minimum Gasteiger partial charge on any atom is -0.444 e. The van der Waals surface area contributed by atoms with Crippen LogP contribution in [0.1, 0.15) is 56.9 Å². The molecule has 0 spiro atoms. The van der Waals surface area contributed by atoms with E-state index in [0.717, 1.165) is 22.3 Å². The first-order valence-corrected chi connectivity index (χ1v) is 19.1. The first-order chi connectivity index (χ1) is 26.6. The number of carbonyl (C=O) groups excluding carboxylic acids is 1. The molecule has 2 heterocycles. The quantitative estimate of drug-likeness (QED) is 0.112. The molecule has 55 heavy (non-hydrogen) atoms. The van der Waals surface area contributed by atoms with E-state index in [1.165, 1.54) is 0 Å². The Morgan fingerprint density at radius 3 is 1.62 bits per heavy atom. The molecule has 0 radical (unpaired) electrons. The third-order valence-electron chi connectivity index (χ3n) is 9.55. The molecule has 4 aromatic carbocycles. The smallest absolute Gasteiger partial charge is 0.413 e. The molecule has 0 aliphatic carbocycles. The van der Waals surface area contributed by atoms with Crippen molar-refractivity contribution in [3.63, 3.8) is 0 Å². The van der Waals surface area contributed by atoms with E-state index in [2.05, 4.69) is 0 Å². The van der Waals surface area contributed by atoms with Crippen molar-refractivity contribution in [3.05, 3.63) is 156 Å².